The fraction of sp³-hybridized carbons (Fsp3) is 0.778. The van der Waals surface area contributed by atoms with Crippen molar-refractivity contribution in [1.82, 2.24) is 0 Å². The van der Waals surface area contributed by atoms with Gasteiger partial charge in [-0.05, 0) is 35.0 Å². The van der Waals surface area contributed by atoms with Crippen LogP contribution in [0.1, 0.15) is 33.6 Å². The molecule has 0 aliphatic rings. The molecule has 0 bridgehead atoms. The van der Waals surface area contributed by atoms with Crippen LogP contribution >= 0.6 is 23.2 Å². The van der Waals surface area contributed by atoms with Crippen LogP contribution in [0, 0.1) is 11.3 Å². The zero-order valence-electron chi connectivity index (χ0n) is 8.06. The molecule has 0 heterocycles. The zero-order chi connectivity index (χ0) is 10.6. The summed E-state index contributed by atoms with van der Waals surface area (Å²) in [5.74, 6) is -0.229. The summed E-state index contributed by atoms with van der Waals surface area (Å²) in [4.78, 5) is 21.4. The fourth-order valence-electron chi connectivity index (χ4n) is 1.36. The molecule has 1 atom stereocenters. The van der Waals surface area contributed by atoms with E-state index in [9.17, 15) is 9.59 Å². The fourth-order valence-corrected chi connectivity index (χ4v) is 1.80. The first-order valence-electron chi connectivity index (χ1n) is 4.12. The van der Waals surface area contributed by atoms with Gasteiger partial charge >= 0.3 is 0 Å². The number of halogens is 2. The molecule has 0 aromatic rings. The van der Waals surface area contributed by atoms with Crippen LogP contribution in [-0.2, 0) is 9.59 Å². The highest BCUT2D eigenvalue weighted by Gasteiger charge is 2.26. The van der Waals surface area contributed by atoms with E-state index in [1.54, 1.807) is 6.92 Å². The van der Waals surface area contributed by atoms with E-state index in [0.717, 1.165) is 0 Å². The first kappa shape index (κ1) is 12.9. The van der Waals surface area contributed by atoms with E-state index >= 15 is 0 Å². The maximum Gasteiger partial charge on any atom is 0.224 e. The molecule has 0 amide bonds. The first-order chi connectivity index (χ1) is 5.74. The predicted octanol–water partition coefficient (Wildman–Crippen LogP) is 2.96. The lowest BCUT2D eigenvalue weighted by Gasteiger charge is -2.24. The van der Waals surface area contributed by atoms with E-state index in [4.69, 9.17) is 23.2 Å². The van der Waals surface area contributed by atoms with Crippen molar-refractivity contribution in [3.63, 3.8) is 0 Å². The molecule has 0 aromatic heterocycles. The largest absolute Gasteiger partial charge is 0.281 e. The summed E-state index contributed by atoms with van der Waals surface area (Å²) in [5, 5.41) is -0.741. The van der Waals surface area contributed by atoms with Gasteiger partial charge in [-0.15, -0.1) is 0 Å². The van der Waals surface area contributed by atoms with Gasteiger partial charge in [-0.3, -0.25) is 9.59 Å². The molecule has 0 aliphatic heterocycles. The van der Waals surface area contributed by atoms with Crippen molar-refractivity contribution in [3.8, 4) is 0 Å². The summed E-state index contributed by atoms with van der Waals surface area (Å²) in [6.07, 6.45) is 0.844. The molecule has 13 heavy (non-hydrogen) atoms. The first-order valence-corrected chi connectivity index (χ1v) is 4.88. The van der Waals surface area contributed by atoms with Gasteiger partial charge in [-0.2, -0.15) is 0 Å². The molecule has 0 radical (unpaired) electrons. The van der Waals surface area contributed by atoms with Gasteiger partial charge in [0.25, 0.3) is 0 Å². The lowest BCUT2D eigenvalue weighted by molar-refractivity contribution is -0.117. The van der Waals surface area contributed by atoms with Crippen LogP contribution < -0.4 is 0 Å². The van der Waals surface area contributed by atoms with Crippen molar-refractivity contribution < 1.29 is 9.59 Å². The Hall–Kier alpha value is -0.0800. The molecular weight excluding hydrogens is 211 g/mol. The molecule has 0 fully saturated rings. The van der Waals surface area contributed by atoms with Crippen LogP contribution in [-0.4, -0.2) is 10.5 Å². The van der Waals surface area contributed by atoms with Crippen LogP contribution in [0.3, 0.4) is 0 Å². The SMILES string of the molecule is CC(CC(C)(C)CC(=O)Cl)C(=O)Cl. The maximum absolute atomic E-state index is 10.8. The van der Waals surface area contributed by atoms with Crippen molar-refractivity contribution in [2.75, 3.05) is 0 Å². The highest BCUT2D eigenvalue weighted by molar-refractivity contribution is 6.64. The highest BCUT2D eigenvalue weighted by Crippen LogP contribution is 2.30. The summed E-state index contributed by atoms with van der Waals surface area (Å²) in [6.45, 7) is 5.53. The monoisotopic (exact) mass is 224 g/mol. The van der Waals surface area contributed by atoms with Gasteiger partial charge < -0.3 is 0 Å². The minimum absolute atomic E-state index is 0.229. The summed E-state index contributed by atoms with van der Waals surface area (Å²) in [7, 11) is 0. The second kappa shape index (κ2) is 4.97. The number of carbonyl (C=O) groups excluding carboxylic acids is 2. The third-order valence-electron chi connectivity index (χ3n) is 1.86. The average molecular weight is 225 g/mol. The Kier molecular flexibility index (Phi) is 4.93. The van der Waals surface area contributed by atoms with E-state index in [-0.39, 0.29) is 28.2 Å². The number of carbonyl (C=O) groups is 2. The zero-order valence-corrected chi connectivity index (χ0v) is 9.58. The van der Waals surface area contributed by atoms with E-state index in [2.05, 4.69) is 0 Å². The molecule has 0 N–H and O–H groups in total. The molecule has 0 rings (SSSR count). The third-order valence-corrected chi connectivity index (χ3v) is 2.37. The van der Waals surface area contributed by atoms with Crippen LogP contribution in [0.15, 0.2) is 0 Å². The summed E-state index contributed by atoms with van der Waals surface area (Å²) in [6, 6.07) is 0. The Balaban J connectivity index is 4.16. The molecular formula is C9H14Cl2O2. The molecule has 76 valence electrons. The average Bonchev–Trinajstić information content (AvgIpc) is 1.81. The van der Waals surface area contributed by atoms with Crippen LogP contribution in [0.2, 0.25) is 0 Å². The number of hydrogen-bond acceptors (Lipinski definition) is 2. The van der Waals surface area contributed by atoms with Gasteiger partial charge in [0.2, 0.25) is 10.5 Å². The minimum atomic E-state index is -0.376. The third kappa shape index (κ3) is 6.05. The lowest BCUT2D eigenvalue weighted by Crippen LogP contribution is -2.20. The Morgan fingerprint density at radius 1 is 1.31 bits per heavy atom. The Bertz CT molecular complexity index is 212. The van der Waals surface area contributed by atoms with Gasteiger partial charge in [0.1, 0.15) is 0 Å². The summed E-state index contributed by atoms with van der Waals surface area (Å²) >= 11 is 10.6. The molecule has 0 aromatic carbocycles. The molecule has 0 saturated carbocycles. The van der Waals surface area contributed by atoms with Gasteiger partial charge in [-0.25, -0.2) is 0 Å². The number of hydrogen-bond donors (Lipinski definition) is 0. The summed E-state index contributed by atoms with van der Waals surface area (Å²) in [5.41, 5.74) is -0.261. The van der Waals surface area contributed by atoms with E-state index in [1.165, 1.54) is 0 Å². The van der Waals surface area contributed by atoms with Gasteiger partial charge in [0.05, 0.1) is 0 Å². The number of rotatable bonds is 5. The second-order valence-corrected chi connectivity index (χ2v) is 4.90. The van der Waals surface area contributed by atoms with E-state index < -0.39 is 0 Å². The van der Waals surface area contributed by atoms with Gasteiger partial charge in [-0.1, -0.05) is 20.8 Å². The van der Waals surface area contributed by atoms with Gasteiger partial charge in [0.15, 0.2) is 0 Å². The van der Waals surface area contributed by atoms with Crippen LogP contribution in [0.4, 0.5) is 0 Å². The summed E-state index contributed by atoms with van der Waals surface area (Å²) < 4.78 is 0. The van der Waals surface area contributed by atoms with Crippen LogP contribution in [0.5, 0.6) is 0 Å². The van der Waals surface area contributed by atoms with Crippen molar-refractivity contribution in [2.45, 2.75) is 33.6 Å². The molecule has 1 unspecified atom stereocenters. The van der Waals surface area contributed by atoms with Gasteiger partial charge in [0, 0.05) is 12.3 Å². The van der Waals surface area contributed by atoms with Crippen molar-refractivity contribution in [1.29, 1.82) is 0 Å². The van der Waals surface area contributed by atoms with E-state index in [1.807, 2.05) is 13.8 Å². The Morgan fingerprint density at radius 2 is 1.77 bits per heavy atom. The molecule has 2 nitrogen and oxygen atoms in total. The predicted molar refractivity (Wildman–Crippen MR) is 53.9 cm³/mol. The van der Waals surface area contributed by atoms with Crippen molar-refractivity contribution in [3.05, 3.63) is 0 Å². The molecule has 0 saturated heterocycles. The van der Waals surface area contributed by atoms with Crippen molar-refractivity contribution >= 4 is 33.7 Å². The molecule has 0 aliphatic carbocycles. The highest BCUT2D eigenvalue weighted by atomic mass is 35.5. The molecule has 0 spiro atoms. The topological polar surface area (TPSA) is 34.1 Å². The lowest BCUT2D eigenvalue weighted by atomic mass is 9.81. The maximum atomic E-state index is 10.8. The Labute approximate surface area is 88.6 Å². The van der Waals surface area contributed by atoms with E-state index in [0.29, 0.717) is 6.42 Å². The molecule has 4 heteroatoms. The smallest absolute Gasteiger partial charge is 0.224 e. The minimum Gasteiger partial charge on any atom is -0.281 e. The van der Waals surface area contributed by atoms with Crippen LogP contribution in [0.25, 0.3) is 0 Å². The second-order valence-electron chi connectivity index (χ2n) is 4.11. The normalized spacial score (nSPS) is 13.9. The Morgan fingerprint density at radius 3 is 2.08 bits per heavy atom. The quantitative estimate of drug-likeness (QED) is 0.674. The standard InChI is InChI=1S/C9H14Cl2O2/c1-6(8(11)13)4-9(2,3)5-7(10)12/h6H,4-5H2,1-3H3. The van der Waals surface area contributed by atoms with Crippen molar-refractivity contribution in [2.24, 2.45) is 11.3 Å².